The third-order valence-corrected chi connectivity index (χ3v) is 2.60. The molecule has 0 aliphatic rings. The molecule has 0 unspecified atom stereocenters. The summed E-state index contributed by atoms with van der Waals surface area (Å²) < 4.78 is 12.7. The van der Waals surface area contributed by atoms with E-state index in [0.717, 1.165) is 18.2 Å². The van der Waals surface area contributed by atoms with E-state index in [1.807, 2.05) is 0 Å². The van der Waals surface area contributed by atoms with E-state index in [-0.39, 0.29) is 22.6 Å². The number of nitrogens with one attached hydrogen (secondary N) is 1. The largest absolute Gasteiger partial charge is 0.506 e. The van der Waals surface area contributed by atoms with Gasteiger partial charge in [-0.25, -0.2) is 9.18 Å². The number of aromatic hydroxyl groups is 1. The number of benzene rings is 2. The first kappa shape index (κ1) is 13.5. The Morgan fingerprint density at radius 3 is 2.15 bits per heavy atom. The standard InChI is InChI=1S/C14H10FNO4/c15-10-4-1-8(2-5-10)13(18)16-11-6-3-9(14(19)20)7-12(11)17/h1-7,17H,(H,16,18)(H,19,20). The number of amides is 1. The number of hydrogen-bond acceptors (Lipinski definition) is 3. The van der Waals surface area contributed by atoms with Gasteiger partial charge in [0.15, 0.2) is 0 Å². The second-order valence-electron chi connectivity index (χ2n) is 4.00. The third-order valence-electron chi connectivity index (χ3n) is 2.60. The number of phenolic OH excluding ortho intramolecular Hbond substituents is 1. The summed E-state index contributed by atoms with van der Waals surface area (Å²) in [6, 6.07) is 8.44. The number of halogens is 1. The second kappa shape index (κ2) is 5.40. The summed E-state index contributed by atoms with van der Waals surface area (Å²) in [6.07, 6.45) is 0. The van der Waals surface area contributed by atoms with Crippen molar-refractivity contribution < 1.29 is 24.2 Å². The molecule has 0 aromatic heterocycles. The van der Waals surface area contributed by atoms with Crippen molar-refractivity contribution in [1.29, 1.82) is 0 Å². The number of carbonyl (C=O) groups is 2. The van der Waals surface area contributed by atoms with Crippen molar-refractivity contribution in [2.75, 3.05) is 5.32 Å². The van der Waals surface area contributed by atoms with Crippen LogP contribution in [-0.4, -0.2) is 22.1 Å². The Morgan fingerprint density at radius 2 is 1.60 bits per heavy atom. The first-order valence-electron chi connectivity index (χ1n) is 5.60. The van der Waals surface area contributed by atoms with Gasteiger partial charge in [-0.05, 0) is 42.5 Å². The number of hydrogen-bond donors (Lipinski definition) is 3. The molecule has 0 bridgehead atoms. The lowest BCUT2D eigenvalue weighted by molar-refractivity contribution is 0.0696. The quantitative estimate of drug-likeness (QED) is 0.751. The van der Waals surface area contributed by atoms with Crippen molar-refractivity contribution in [3.63, 3.8) is 0 Å². The van der Waals surface area contributed by atoms with Crippen LogP contribution in [0.15, 0.2) is 42.5 Å². The van der Waals surface area contributed by atoms with Crippen molar-refractivity contribution in [3.8, 4) is 5.75 Å². The lowest BCUT2D eigenvalue weighted by Gasteiger charge is -2.08. The first-order valence-corrected chi connectivity index (χ1v) is 5.60. The molecule has 0 heterocycles. The predicted octanol–water partition coefficient (Wildman–Crippen LogP) is 2.48. The number of carboxylic acid groups (broad SMARTS) is 1. The van der Waals surface area contributed by atoms with Crippen LogP contribution >= 0.6 is 0 Å². The molecule has 0 saturated heterocycles. The van der Waals surface area contributed by atoms with Crippen molar-refractivity contribution >= 4 is 17.6 Å². The van der Waals surface area contributed by atoms with Gasteiger partial charge in [0.25, 0.3) is 5.91 Å². The highest BCUT2D eigenvalue weighted by Crippen LogP contribution is 2.24. The molecule has 0 aliphatic heterocycles. The van der Waals surface area contributed by atoms with Gasteiger partial charge in [0, 0.05) is 5.56 Å². The molecule has 0 fully saturated rings. The maximum atomic E-state index is 12.7. The van der Waals surface area contributed by atoms with Crippen LogP contribution in [0.1, 0.15) is 20.7 Å². The predicted molar refractivity (Wildman–Crippen MR) is 69.4 cm³/mol. The van der Waals surface area contributed by atoms with Crippen molar-refractivity contribution in [2.24, 2.45) is 0 Å². The Bertz CT molecular complexity index is 667. The van der Waals surface area contributed by atoms with E-state index in [1.165, 1.54) is 24.3 Å². The summed E-state index contributed by atoms with van der Waals surface area (Å²) in [7, 11) is 0. The van der Waals surface area contributed by atoms with Gasteiger partial charge in [0.1, 0.15) is 11.6 Å². The lowest BCUT2D eigenvalue weighted by atomic mass is 10.1. The van der Waals surface area contributed by atoms with Gasteiger partial charge < -0.3 is 15.5 Å². The topological polar surface area (TPSA) is 86.6 Å². The zero-order valence-electron chi connectivity index (χ0n) is 10.1. The fraction of sp³-hybridized carbons (Fsp3) is 0. The minimum Gasteiger partial charge on any atom is -0.506 e. The van der Waals surface area contributed by atoms with Gasteiger partial charge in [0.05, 0.1) is 11.3 Å². The Morgan fingerprint density at radius 1 is 1.00 bits per heavy atom. The molecule has 0 spiro atoms. The minimum atomic E-state index is -1.18. The Kier molecular flexibility index (Phi) is 3.65. The molecule has 20 heavy (non-hydrogen) atoms. The maximum Gasteiger partial charge on any atom is 0.335 e. The molecule has 0 aliphatic carbocycles. The van der Waals surface area contributed by atoms with Crippen LogP contribution in [0.25, 0.3) is 0 Å². The fourth-order valence-electron chi connectivity index (χ4n) is 1.57. The normalized spacial score (nSPS) is 10.1. The van der Waals surface area contributed by atoms with Crippen LogP contribution in [0.4, 0.5) is 10.1 Å². The van der Waals surface area contributed by atoms with E-state index in [0.29, 0.717) is 0 Å². The highest BCUT2D eigenvalue weighted by atomic mass is 19.1. The van der Waals surface area contributed by atoms with E-state index in [4.69, 9.17) is 5.11 Å². The van der Waals surface area contributed by atoms with Gasteiger partial charge in [-0.15, -0.1) is 0 Å². The number of rotatable bonds is 3. The molecule has 0 atom stereocenters. The summed E-state index contributed by atoms with van der Waals surface area (Å²) in [5.74, 6) is -2.55. The summed E-state index contributed by atoms with van der Waals surface area (Å²) in [6.45, 7) is 0. The molecule has 0 radical (unpaired) electrons. The van der Waals surface area contributed by atoms with Crippen molar-refractivity contribution in [2.45, 2.75) is 0 Å². The maximum absolute atomic E-state index is 12.7. The number of phenols is 1. The summed E-state index contributed by atoms with van der Waals surface area (Å²) in [5.41, 5.74) is 0.194. The Hall–Kier alpha value is -2.89. The summed E-state index contributed by atoms with van der Waals surface area (Å²) in [4.78, 5) is 22.5. The van der Waals surface area contributed by atoms with Gasteiger partial charge in [-0.1, -0.05) is 0 Å². The molecule has 3 N–H and O–H groups in total. The molecule has 102 valence electrons. The summed E-state index contributed by atoms with van der Waals surface area (Å²) >= 11 is 0. The monoisotopic (exact) mass is 275 g/mol. The van der Waals surface area contributed by atoms with Gasteiger partial charge in [0.2, 0.25) is 0 Å². The number of anilines is 1. The van der Waals surface area contributed by atoms with Gasteiger partial charge in [-0.2, -0.15) is 0 Å². The zero-order chi connectivity index (χ0) is 14.7. The third kappa shape index (κ3) is 2.92. The van der Waals surface area contributed by atoms with E-state index in [2.05, 4.69) is 5.32 Å². The van der Waals surface area contributed by atoms with Crippen molar-refractivity contribution in [3.05, 3.63) is 59.4 Å². The van der Waals surface area contributed by atoms with Gasteiger partial charge in [-0.3, -0.25) is 4.79 Å². The SMILES string of the molecule is O=C(O)c1ccc(NC(=O)c2ccc(F)cc2)c(O)c1. The lowest BCUT2D eigenvalue weighted by Crippen LogP contribution is -2.12. The molecule has 2 aromatic carbocycles. The minimum absolute atomic E-state index is 0.0734. The van der Waals surface area contributed by atoms with Gasteiger partial charge >= 0.3 is 5.97 Å². The highest BCUT2D eigenvalue weighted by Gasteiger charge is 2.11. The Labute approximate surface area is 113 Å². The van der Waals surface area contributed by atoms with E-state index in [1.54, 1.807) is 0 Å². The van der Waals surface area contributed by atoms with Crippen LogP contribution in [-0.2, 0) is 0 Å². The molecule has 6 heteroatoms. The number of carboxylic acids is 1. The van der Waals surface area contributed by atoms with Crippen LogP contribution in [0.5, 0.6) is 5.75 Å². The van der Waals surface area contributed by atoms with Crippen LogP contribution in [0.3, 0.4) is 0 Å². The average molecular weight is 275 g/mol. The molecule has 1 amide bonds. The van der Waals surface area contributed by atoms with E-state index >= 15 is 0 Å². The molecular weight excluding hydrogens is 265 g/mol. The second-order valence-corrected chi connectivity index (χ2v) is 4.00. The fourth-order valence-corrected chi connectivity index (χ4v) is 1.57. The smallest absolute Gasteiger partial charge is 0.335 e. The zero-order valence-corrected chi connectivity index (χ0v) is 10.1. The highest BCUT2D eigenvalue weighted by molar-refractivity contribution is 6.05. The summed E-state index contributed by atoms with van der Waals surface area (Å²) in [5, 5.41) is 20.8. The van der Waals surface area contributed by atoms with E-state index in [9.17, 15) is 19.1 Å². The average Bonchev–Trinajstić information content (AvgIpc) is 2.41. The van der Waals surface area contributed by atoms with Crippen LogP contribution in [0, 0.1) is 5.82 Å². The number of aromatic carboxylic acids is 1. The Balaban J connectivity index is 2.19. The molecular formula is C14H10FNO4. The molecule has 2 aromatic rings. The molecule has 5 nitrogen and oxygen atoms in total. The molecule has 0 saturated carbocycles. The van der Waals surface area contributed by atoms with Crippen LogP contribution in [0.2, 0.25) is 0 Å². The first-order chi connectivity index (χ1) is 9.47. The van der Waals surface area contributed by atoms with Crippen LogP contribution < -0.4 is 5.32 Å². The van der Waals surface area contributed by atoms with Crippen molar-refractivity contribution in [1.82, 2.24) is 0 Å². The molecule has 2 rings (SSSR count). The van der Waals surface area contributed by atoms with E-state index < -0.39 is 17.7 Å². The number of carbonyl (C=O) groups excluding carboxylic acids is 1.